The van der Waals surface area contributed by atoms with Crippen molar-refractivity contribution in [2.24, 2.45) is 0 Å². The first kappa shape index (κ1) is 27.3. The second-order valence-electron chi connectivity index (χ2n) is 7.88. The van der Waals surface area contributed by atoms with Gasteiger partial charge in [0.15, 0.2) is 0 Å². The zero-order valence-electron chi connectivity index (χ0n) is 20.4. The Morgan fingerprint density at radius 3 is 2.32 bits per heavy atom. The van der Waals surface area contributed by atoms with Crippen LogP contribution in [0, 0.1) is 0 Å². The number of carbonyl (C=O) groups excluding carboxylic acids is 3. The molecule has 37 heavy (non-hydrogen) atoms. The van der Waals surface area contributed by atoms with Crippen LogP contribution in [0.5, 0.6) is 5.75 Å². The van der Waals surface area contributed by atoms with Crippen LogP contribution in [0.25, 0.3) is 0 Å². The number of esters is 1. The molecule has 0 saturated heterocycles. The average molecular weight is 526 g/mol. The Kier molecular flexibility index (Phi) is 9.33. The largest absolute Gasteiger partial charge is 0.497 e. The predicted molar refractivity (Wildman–Crippen MR) is 135 cm³/mol. The normalized spacial score (nSPS) is 10.9. The van der Waals surface area contributed by atoms with Crippen LogP contribution in [0.15, 0.2) is 71.8 Å². The van der Waals surface area contributed by atoms with Crippen LogP contribution in [-0.2, 0) is 21.2 Å². The summed E-state index contributed by atoms with van der Waals surface area (Å²) >= 11 is 0. The van der Waals surface area contributed by atoms with Gasteiger partial charge in [0.25, 0.3) is 21.8 Å². The van der Waals surface area contributed by atoms with E-state index in [-0.39, 0.29) is 34.2 Å². The molecule has 0 saturated carbocycles. The lowest BCUT2D eigenvalue weighted by molar-refractivity contribution is 0.0497. The molecule has 10 nitrogen and oxygen atoms in total. The van der Waals surface area contributed by atoms with Crippen molar-refractivity contribution in [3.63, 3.8) is 0 Å². The maximum absolute atomic E-state index is 12.6. The number of nitrogens with zero attached hydrogens (tertiary/aromatic N) is 1. The minimum absolute atomic E-state index is 0.00483. The molecule has 2 amide bonds. The molecule has 1 heterocycles. The van der Waals surface area contributed by atoms with Crippen molar-refractivity contribution in [1.29, 1.82) is 0 Å². The number of sulfonamides is 1. The highest BCUT2D eigenvalue weighted by Gasteiger charge is 2.20. The molecule has 194 valence electrons. The first-order valence-electron chi connectivity index (χ1n) is 11.4. The molecule has 3 rings (SSSR count). The van der Waals surface area contributed by atoms with Crippen molar-refractivity contribution >= 4 is 27.8 Å². The van der Waals surface area contributed by atoms with Crippen molar-refractivity contribution in [2.45, 2.75) is 24.7 Å². The Hall–Kier alpha value is -4.25. The maximum atomic E-state index is 12.6. The predicted octanol–water partition coefficient (Wildman–Crippen LogP) is 2.75. The lowest BCUT2D eigenvalue weighted by Gasteiger charge is -2.09. The van der Waals surface area contributed by atoms with Crippen LogP contribution in [-0.4, -0.2) is 51.4 Å². The van der Waals surface area contributed by atoms with E-state index < -0.39 is 21.9 Å². The number of hydrogen-bond donors (Lipinski definition) is 2. The number of amides is 2. The smallest absolute Gasteiger partial charge is 0.356 e. The summed E-state index contributed by atoms with van der Waals surface area (Å²) in [5.41, 5.74) is 1.22. The van der Waals surface area contributed by atoms with E-state index in [4.69, 9.17) is 9.47 Å². The van der Waals surface area contributed by atoms with E-state index in [2.05, 4.69) is 10.3 Å². The van der Waals surface area contributed by atoms with Gasteiger partial charge in [-0.25, -0.2) is 22.9 Å². The second-order valence-corrected chi connectivity index (χ2v) is 9.57. The summed E-state index contributed by atoms with van der Waals surface area (Å²) in [5, 5.41) is 2.78. The molecular formula is C26H27N3O7S. The van der Waals surface area contributed by atoms with Gasteiger partial charge in [-0.05, 0) is 66.9 Å². The zero-order chi connectivity index (χ0) is 26.8. The van der Waals surface area contributed by atoms with E-state index in [1.807, 2.05) is 35.9 Å². The van der Waals surface area contributed by atoms with Crippen LogP contribution in [0.3, 0.4) is 0 Å². The van der Waals surface area contributed by atoms with Gasteiger partial charge in [-0.15, -0.1) is 0 Å². The fraction of sp³-hybridized carbons (Fsp3) is 0.231. The second kappa shape index (κ2) is 12.6. The number of carbonyl (C=O) groups is 3. The van der Waals surface area contributed by atoms with Gasteiger partial charge in [-0.1, -0.05) is 19.1 Å². The highest BCUT2D eigenvalue weighted by Crippen LogP contribution is 2.14. The molecule has 0 fully saturated rings. The third-order valence-electron chi connectivity index (χ3n) is 5.16. The number of aromatic nitrogens is 1. The average Bonchev–Trinajstić information content (AvgIpc) is 2.91. The Labute approximate surface area is 215 Å². The molecule has 0 atom stereocenters. The Morgan fingerprint density at radius 1 is 0.946 bits per heavy atom. The molecule has 0 aliphatic heterocycles. The van der Waals surface area contributed by atoms with E-state index in [0.29, 0.717) is 19.4 Å². The topological polar surface area (TPSA) is 141 Å². The van der Waals surface area contributed by atoms with Gasteiger partial charge >= 0.3 is 5.97 Å². The van der Waals surface area contributed by atoms with Gasteiger partial charge in [-0.3, -0.25) is 9.59 Å². The number of pyridine rings is 1. The summed E-state index contributed by atoms with van der Waals surface area (Å²) in [6, 6.07) is 15.2. The number of hydrogen-bond acceptors (Lipinski definition) is 8. The fourth-order valence-corrected chi connectivity index (χ4v) is 4.17. The summed E-state index contributed by atoms with van der Waals surface area (Å²) < 4.78 is 37.4. The number of nitrogens with one attached hydrogen (secondary N) is 2. The molecule has 0 bridgehead atoms. The van der Waals surface area contributed by atoms with Crippen molar-refractivity contribution in [3.05, 3.63) is 89.2 Å². The lowest BCUT2D eigenvalue weighted by Crippen LogP contribution is -2.31. The summed E-state index contributed by atoms with van der Waals surface area (Å²) in [6.45, 7) is 2.47. The van der Waals surface area contributed by atoms with Gasteiger partial charge in [0, 0.05) is 18.3 Å². The zero-order valence-corrected chi connectivity index (χ0v) is 21.2. The van der Waals surface area contributed by atoms with Crippen molar-refractivity contribution in [1.82, 2.24) is 15.0 Å². The van der Waals surface area contributed by atoms with Gasteiger partial charge in [0.05, 0.1) is 24.2 Å². The molecule has 11 heteroatoms. The molecule has 0 spiro atoms. The Balaban J connectivity index is 1.56. The molecule has 1 aromatic heterocycles. The van der Waals surface area contributed by atoms with Gasteiger partial charge in [0.1, 0.15) is 11.4 Å². The molecule has 3 aromatic rings. The van der Waals surface area contributed by atoms with E-state index >= 15 is 0 Å². The molecule has 2 aromatic carbocycles. The number of rotatable bonds is 11. The first-order valence-corrected chi connectivity index (χ1v) is 12.9. The number of methoxy groups -OCH3 is 1. The third-order valence-corrected chi connectivity index (χ3v) is 6.51. The SMILES string of the molecule is CCCOC(=O)c1ccc(C(=O)NS(=O)(=O)c2ccc(C(=O)NCCc3cccc(OC)c3)cc2)cn1. The summed E-state index contributed by atoms with van der Waals surface area (Å²) in [7, 11) is -2.63. The highest BCUT2D eigenvalue weighted by molar-refractivity contribution is 7.90. The standard InChI is InChI=1S/C26H27N3O7S/c1-3-15-36-26(32)23-12-9-20(17-28-23)25(31)29-37(33,34)22-10-7-19(8-11-22)24(30)27-14-13-18-5-4-6-21(16-18)35-2/h4-12,16-17H,3,13-15H2,1-2H3,(H,27,30)(H,29,31). The van der Waals surface area contributed by atoms with Crippen LogP contribution in [0.1, 0.15) is 50.1 Å². The minimum Gasteiger partial charge on any atom is -0.497 e. The molecule has 0 aliphatic rings. The van der Waals surface area contributed by atoms with Crippen molar-refractivity contribution in [3.8, 4) is 5.75 Å². The summed E-state index contributed by atoms with van der Waals surface area (Å²) in [6.07, 6.45) is 2.34. The van der Waals surface area contributed by atoms with Crippen molar-refractivity contribution < 1.29 is 32.3 Å². The molecule has 0 aliphatic carbocycles. The van der Waals surface area contributed by atoms with E-state index in [0.717, 1.165) is 17.5 Å². The van der Waals surface area contributed by atoms with E-state index in [9.17, 15) is 22.8 Å². The quantitative estimate of drug-likeness (QED) is 0.364. The van der Waals surface area contributed by atoms with Gasteiger partial charge in [-0.2, -0.15) is 0 Å². The van der Waals surface area contributed by atoms with E-state index in [1.54, 1.807) is 7.11 Å². The maximum Gasteiger partial charge on any atom is 0.356 e. The highest BCUT2D eigenvalue weighted by atomic mass is 32.2. The first-order chi connectivity index (χ1) is 17.7. The van der Waals surface area contributed by atoms with Gasteiger partial charge < -0.3 is 14.8 Å². The van der Waals surface area contributed by atoms with Gasteiger partial charge in [0.2, 0.25) is 0 Å². The summed E-state index contributed by atoms with van der Waals surface area (Å²) in [5.74, 6) is -1.18. The molecular weight excluding hydrogens is 498 g/mol. The lowest BCUT2D eigenvalue weighted by atomic mass is 10.1. The van der Waals surface area contributed by atoms with E-state index in [1.165, 1.54) is 36.4 Å². The van der Waals surface area contributed by atoms with Crippen molar-refractivity contribution in [2.75, 3.05) is 20.3 Å². The number of benzene rings is 2. The van der Waals surface area contributed by atoms with Crippen LogP contribution >= 0.6 is 0 Å². The Bertz CT molecular complexity index is 1360. The third kappa shape index (κ3) is 7.61. The minimum atomic E-state index is -4.21. The molecule has 0 radical (unpaired) electrons. The van der Waals surface area contributed by atoms with Crippen LogP contribution < -0.4 is 14.8 Å². The van der Waals surface area contributed by atoms with Crippen LogP contribution in [0.4, 0.5) is 0 Å². The monoisotopic (exact) mass is 525 g/mol. The van der Waals surface area contributed by atoms with Crippen LogP contribution in [0.2, 0.25) is 0 Å². The molecule has 2 N–H and O–H groups in total. The fourth-order valence-electron chi connectivity index (χ4n) is 3.19. The molecule has 0 unspecified atom stereocenters. The Morgan fingerprint density at radius 2 is 1.68 bits per heavy atom. The number of ether oxygens (including phenoxy) is 2. The summed E-state index contributed by atoms with van der Waals surface area (Å²) in [4.78, 5) is 40.3.